The Morgan fingerprint density at radius 2 is 1.86 bits per heavy atom. The van der Waals surface area contributed by atoms with E-state index in [1.54, 1.807) is 30.3 Å². The SMILES string of the molecule is CCOc1ccc(C(C)NC(=O)C2CCCN(S(=O)(=O)c3ccccc3)C2)cc1. The zero-order valence-corrected chi connectivity index (χ0v) is 17.7. The second-order valence-electron chi connectivity index (χ2n) is 7.25. The number of carbonyl (C=O) groups excluding carboxylic acids is 1. The van der Waals surface area contributed by atoms with E-state index in [1.807, 2.05) is 38.1 Å². The normalized spacial score (nSPS) is 18.8. The molecular formula is C22H28N2O4S. The number of sulfonamides is 1. The second-order valence-corrected chi connectivity index (χ2v) is 9.19. The van der Waals surface area contributed by atoms with E-state index in [-0.39, 0.29) is 29.3 Å². The summed E-state index contributed by atoms with van der Waals surface area (Å²) < 4.78 is 32.6. The third-order valence-electron chi connectivity index (χ3n) is 5.19. The lowest BCUT2D eigenvalue weighted by atomic mass is 9.98. The van der Waals surface area contributed by atoms with Gasteiger partial charge in [-0.2, -0.15) is 4.31 Å². The largest absolute Gasteiger partial charge is 0.494 e. The highest BCUT2D eigenvalue weighted by molar-refractivity contribution is 7.89. The maximum absolute atomic E-state index is 12.9. The lowest BCUT2D eigenvalue weighted by Crippen LogP contribution is -2.45. The summed E-state index contributed by atoms with van der Waals surface area (Å²) in [5.41, 5.74) is 0.978. The van der Waals surface area contributed by atoms with Crippen molar-refractivity contribution in [3.05, 3.63) is 60.2 Å². The van der Waals surface area contributed by atoms with Crippen LogP contribution in [0.3, 0.4) is 0 Å². The summed E-state index contributed by atoms with van der Waals surface area (Å²) in [5.74, 6) is 0.329. The van der Waals surface area contributed by atoms with E-state index >= 15 is 0 Å². The third-order valence-corrected chi connectivity index (χ3v) is 7.07. The first kappa shape index (κ1) is 21.3. The first-order valence-electron chi connectivity index (χ1n) is 10.00. The molecule has 1 aliphatic rings. The minimum absolute atomic E-state index is 0.112. The van der Waals surface area contributed by atoms with Crippen LogP contribution in [0.5, 0.6) is 5.75 Å². The summed E-state index contributed by atoms with van der Waals surface area (Å²) in [6, 6.07) is 15.9. The number of benzene rings is 2. The second kappa shape index (κ2) is 9.41. The van der Waals surface area contributed by atoms with Crippen LogP contribution in [0.1, 0.15) is 38.3 Å². The maximum atomic E-state index is 12.9. The van der Waals surface area contributed by atoms with Crippen molar-refractivity contribution in [3.63, 3.8) is 0 Å². The summed E-state index contributed by atoms with van der Waals surface area (Å²) in [4.78, 5) is 13.1. The Bertz CT molecular complexity index is 914. The molecule has 3 rings (SSSR count). The number of ether oxygens (including phenoxy) is 1. The molecule has 2 aromatic rings. The van der Waals surface area contributed by atoms with E-state index < -0.39 is 10.0 Å². The summed E-state index contributed by atoms with van der Waals surface area (Å²) in [6.07, 6.45) is 1.35. The maximum Gasteiger partial charge on any atom is 0.243 e. The lowest BCUT2D eigenvalue weighted by molar-refractivity contribution is -0.126. The number of nitrogens with one attached hydrogen (secondary N) is 1. The van der Waals surface area contributed by atoms with Gasteiger partial charge in [0.25, 0.3) is 0 Å². The molecule has 1 aliphatic heterocycles. The fourth-order valence-corrected chi connectivity index (χ4v) is 5.10. The molecule has 156 valence electrons. The number of nitrogens with zero attached hydrogens (tertiary/aromatic N) is 1. The number of carbonyl (C=O) groups is 1. The van der Waals surface area contributed by atoms with Crippen molar-refractivity contribution in [1.29, 1.82) is 0 Å². The van der Waals surface area contributed by atoms with Crippen LogP contribution >= 0.6 is 0 Å². The molecule has 1 amide bonds. The molecule has 0 aromatic heterocycles. The Hall–Kier alpha value is -2.38. The van der Waals surface area contributed by atoms with Gasteiger partial charge >= 0.3 is 0 Å². The Labute approximate surface area is 172 Å². The molecule has 7 heteroatoms. The molecule has 0 aliphatic carbocycles. The molecule has 1 N–H and O–H groups in total. The van der Waals surface area contributed by atoms with Crippen LogP contribution in [0.4, 0.5) is 0 Å². The summed E-state index contributed by atoms with van der Waals surface area (Å²) in [7, 11) is -3.58. The molecule has 2 aromatic carbocycles. The fourth-order valence-electron chi connectivity index (χ4n) is 3.55. The topological polar surface area (TPSA) is 75.7 Å². The van der Waals surface area contributed by atoms with Crippen LogP contribution in [-0.4, -0.2) is 38.3 Å². The van der Waals surface area contributed by atoms with Gasteiger partial charge in [-0.15, -0.1) is 0 Å². The van der Waals surface area contributed by atoms with Crippen LogP contribution < -0.4 is 10.1 Å². The van der Waals surface area contributed by atoms with E-state index in [9.17, 15) is 13.2 Å². The zero-order chi connectivity index (χ0) is 20.9. The van der Waals surface area contributed by atoms with E-state index in [0.717, 1.165) is 11.3 Å². The summed E-state index contributed by atoms with van der Waals surface area (Å²) in [5, 5.41) is 3.03. The van der Waals surface area contributed by atoms with Crippen molar-refractivity contribution >= 4 is 15.9 Å². The average Bonchev–Trinajstić information content (AvgIpc) is 2.75. The smallest absolute Gasteiger partial charge is 0.243 e. The molecule has 0 saturated carbocycles. The van der Waals surface area contributed by atoms with Crippen LogP contribution in [0.2, 0.25) is 0 Å². The highest BCUT2D eigenvalue weighted by Crippen LogP contribution is 2.25. The first-order chi connectivity index (χ1) is 13.9. The minimum atomic E-state index is -3.58. The zero-order valence-electron chi connectivity index (χ0n) is 16.9. The van der Waals surface area contributed by atoms with Gasteiger partial charge in [0.05, 0.1) is 23.5 Å². The van der Waals surface area contributed by atoms with Gasteiger partial charge in [0.15, 0.2) is 0 Å². The molecule has 2 unspecified atom stereocenters. The Morgan fingerprint density at radius 3 is 2.52 bits per heavy atom. The predicted octanol–water partition coefficient (Wildman–Crippen LogP) is 3.36. The molecule has 6 nitrogen and oxygen atoms in total. The van der Waals surface area contributed by atoms with Crippen LogP contribution in [0, 0.1) is 5.92 Å². The number of hydrogen-bond donors (Lipinski definition) is 1. The first-order valence-corrected chi connectivity index (χ1v) is 11.4. The van der Waals surface area contributed by atoms with Gasteiger partial charge in [0.1, 0.15) is 5.75 Å². The molecule has 0 bridgehead atoms. The highest BCUT2D eigenvalue weighted by atomic mass is 32.2. The molecule has 29 heavy (non-hydrogen) atoms. The summed E-state index contributed by atoms with van der Waals surface area (Å²) >= 11 is 0. The molecular weight excluding hydrogens is 388 g/mol. The van der Waals surface area contributed by atoms with E-state index in [4.69, 9.17) is 4.74 Å². The Kier molecular flexibility index (Phi) is 6.92. The highest BCUT2D eigenvalue weighted by Gasteiger charge is 2.33. The number of piperidine rings is 1. The Balaban J connectivity index is 1.63. The van der Waals surface area contributed by atoms with Gasteiger partial charge in [-0.1, -0.05) is 30.3 Å². The van der Waals surface area contributed by atoms with E-state index in [2.05, 4.69) is 5.32 Å². The van der Waals surface area contributed by atoms with Gasteiger partial charge in [-0.25, -0.2) is 8.42 Å². The standard InChI is InChI=1S/C22H28N2O4S/c1-3-28-20-13-11-18(12-14-20)17(2)23-22(25)19-8-7-15-24(16-19)29(26,27)21-9-5-4-6-10-21/h4-6,9-14,17,19H,3,7-8,15-16H2,1-2H3,(H,23,25). The van der Waals surface area contributed by atoms with Crippen LogP contribution in [-0.2, 0) is 14.8 Å². The number of amides is 1. The molecule has 1 saturated heterocycles. The van der Waals surface area contributed by atoms with Gasteiger partial charge in [-0.05, 0) is 56.5 Å². The summed E-state index contributed by atoms with van der Waals surface area (Å²) in [6.45, 7) is 5.11. The average molecular weight is 417 g/mol. The molecule has 1 heterocycles. The fraction of sp³-hybridized carbons (Fsp3) is 0.409. The van der Waals surface area contributed by atoms with Crippen molar-refractivity contribution in [2.75, 3.05) is 19.7 Å². The Morgan fingerprint density at radius 1 is 1.17 bits per heavy atom. The van der Waals surface area contributed by atoms with E-state index in [0.29, 0.717) is 26.0 Å². The van der Waals surface area contributed by atoms with Gasteiger partial charge in [0.2, 0.25) is 15.9 Å². The van der Waals surface area contributed by atoms with Crippen molar-refractivity contribution in [1.82, 2.24) is 9.62 Å². The van der Waals surface area contributed by atoms with E-state index in [1.165, 1.54) is 4.31 Å². The lowest BCUT2D eigenvalue weighted by Gasteiger charge is -2.32. The number of hydrogen-bond acceptors (Lipinski definition) is 4. The van der Waals surface area contributed by atoms with Crippen molar-refractivity contribution < 1.29 is 17.9 Å². The van der Waals surface area contributed by atoms with Crippen LogP contribution in [0.25, 0.3) is 0 Å². The monoisotopic (exact) mass is 416 g/mol. The van der Waals surface area contributed by atoms with Gasteiger partial charge in [0, 0.05) is 13.1 Å². The number of rotatable bonds is 7. The van der Waals surface area contributed by atoms with Crippen molar-refractivity contribution in [3.8, 4) is 5.75 Å². The quantitative estimate of drug-likeness (QED) is 0.751. The van der Waals surface area contributed by atoms with Crippen molar-refractivity contribution in [2.45, 2.75) is 37.6 Å². The molecule has 0 radical (unpaired) electrons. The van der Waals surface area contributed by atoms with Crippen LogP contribution in [0.15, 0.2) is 59.5 Å². The van der Waals surface area contributed by atoms with Gasteiger partial charge < -0.3 is 10.1 Å². The van der Waals surface area contributed by atoms with Crippen molar-refractivity contribution in [2.24, 2.45) is 5.92 Å². The molecule has 1 fully saturated rings. The predicted molar refractivity (Wildman–Crippen MR) is 112 cm³/mol. The molecule has 0 spiro atoms. The third kappa shape index (κ3) is 5.16. The minimum Gasteiger partial charge on any atom is -0.494 e. The molecule has 2 atom stereocenters. The van der Waals surface area contributed by atoms with Gasteiger partial charge in [-0.3, -0.25) is 4.79 Å².